The highest BCUT2D eigenvalue weighted by molar-refractivity contribution is 5.97. The van der Waals surface area contributed by atoms with E-state index >= 15 is 0 Å². The van der Waals surface area contributed by atoms with E-state index in [-0.39, 0.29) is 24.3 Å². The van der Waals surface area contributed by atoms with Crippen LogP contribution in [0.25, 0.3) is 0 Å². The molecule has 2 fully saturated rings. The molecule has 2 aliphatic heterocycles. The first kappa shape index (κ1) is 21.1. The summed E-state index contributed by atoms with van der Waals surface area (Å²) in [5.41, 5.74) is 2.11. The molecule has 1 aromatic carbocycles. The third kappa shape index (κ3) is 4.80. The van der Waals surface area contributed by atoms with E-state index < -0.39 is 0 Å². The SMILES string of the molecule is Cc1cc(C(=O)N2CCN(CC(=O)Nc3cccc(N4CCCC4=O)c3)CC2)c(C)o1. The molecule has 0 unspecified atom stereocenters. The van der Waals surface area contributed by atoms with Crippen LogP contribution in [0.2, 0.25) is 0 Å². The Morgan fingerprint density at radius 2 is 1.84 bits per heavy atom. The van der Waals surface area contributed by atoms with Gasteiger partial charge >= 0.3 is 0 Å². The van der Waals surface area contributed by atoms with E-state index in [2.05, 4.69) is 5.32 Å². The lowest BCUT2D eigenvalue weighted by Gasteiger charge is -2.34. The van der Waals surface area contributed by atoms with Crippen LogP contribution in [-0.2, 0) is 9.59 Å². The second-order valence-corrected chi connectivity index (χ2v) is 8.14. The lowest BCUT2D eigenvalue weighted by atomic mass is 10.2. The van der Waals surface area contributed by atoms with E-state index in [0.29, 0.717) is 49.6 Å². The molecule has 164 valence electrons. The number of rotatable bonds is 5. The van der Waals surface area contributed by atoms with Gasteiger partial charge in [-0.3, -0.25) is 19.3 Å². The molecule has 1 aromatic heterocycles. The van der Waals surface area contributed by atoms with Crippen LogP contribution in [-0.4, -0.2) is 66.8 Å². The second kappa shape index (κ2) is 8.93. The zero-order chi connectivity index (χ0) is 22.0. The van der Waals surface area contributed by atoms with Crippen LogP contribution in [0.4, 0.5) is 11.4 Å². The molecule has 2 aliphatic rings. The molecule has 0 spiro atoms. The van der Waals surface area contributed by atoms with Crippen molar-refractivity contribution < 1.29 is 18.8 Å². The molecule has 1 N–H and O–H groups in total. The summed E-state index contributed by atoms with van der Waals surface area (Å²) in [7, 11) is 0. The van der Waals surface area contributed by atoms with E-state index in [1.807, 2.05) is 41.0 Å². The van der Waals surface area contributed by atoms with Crippen molar-refractivity contribution >= 4 is 29.1 Å². The van der Waals surface area contributed by atoms with Crippen molar-refractivity contribution in [1.29, 1.82) is 0 Å². The third-order valence-corrected chi connectivity index (χ3v) is 5.81. The normalized spacial score (nSPS) is 17.3. The van der Waals surface area contributed by atoms with Crippen molar-refractivity contribution in [3.8, 4) is 0 Å². The minimum Gasteiger partial charge on any atom is -0.466 e. The summed E-state index contributed by atoms with van der Waals surface area (Å²) >= 11 is 0. The highest BCUT2D eigenvalue weighted by atomic mass is 16.3. The van der Waals surface area contributed by atoms with Gasteiger partial charge in [-0.25, -0.2) is 0 Å². The molecule has 0 aliphatic carbocycles. The molecule has 0 bridgehead atoms. The lowest BCUT2D eigenvalue weighted by Crippen LogP contribution is -2.50. The van der Waals surface area contributed by atoms with Crippen LogP contribution in [0.15, 0.2) is 34.7 Å². The molecule has 3 amide bonds. The maximum atomic E-state index is 12.7. The van der Waals surface area contributed by atoms with Gasteiger partial charge in [-0.05, 0) is 44.5 Å². The Bertz CT molecular complexity index is 991. The van der Waals surface area contributed by atoms with E-state index in [4.69, 9.17) is 4.42 Å². The predicted octanol–water partition coefficient (Wildman–Crippen LogP) is 2.42. The number of piperazine rings is 1. The van der Waals surface area contributed by atoms with Crippen LogP contribution < -0.4 is 10.2 Å². The number of nitrogens with one attached hydrogen (secondary N) is 1. The van der Waals surface area contributed by atoms with Crippen LogP contribution in [0.3, 0.4) is 0 Å². The van der Waals surface area contributed by atoms with Crippen molar-refractivity contribution in [1.82, 2.24) is 9.80 Å². The lowest BCUT2D eigenvalue weighted by molar-refractivity contribution is -0.118. The van der Waals surface area contributed by atoms with Crippen LogP contribution >= 0.6 is 0 Å². The Hall–Kier alpha value is -3.13. The van der Waals surface area contributed by atoms with Gasteiger partial charge in [0, 0.05) is 50.5 Å². The number of aryl methyl sites for hydroxylation is 2. The largest absolute Gasteiger partial charge is 0.466 e. The quantitative estimate of drug-likeness (QED) is 0.797. The minimum absolute atomic E-state index is 0.0215. The number of benzene rings is 1. The molecule has 0 radical (unpaired) electrons. The summed E-state index contributed by atoms with van der Waals surface area (Å²) in [4.78, 5) is 42.8. The van der Waals surface area contributed by atoms with Crippen molar-refractivity contribution in [3.63, 3.8) is 0 Å². The minimum atomic E-state index is -0.106. The van der Waals surface area contributed by atoms with Gasteiger partial charge in [0.2, 0.25) is 11.8 Å². The van der Waals surface area contributed by atoms with Gasteiger partial charge in [0.1, 0.15) is 11.5 Å². The maximum Gasteiger partial charge on any atom is 0.257 e. The Morgan fingerprint density at radius 1 is 1.06 bits per heavy atom. The van der Waals surface area contributed by atoms with E-state index in [9.17, 15) is 14.4 Å². The average Bonchev–Trinajstić information content (AvgIpc) is 3.32. The Balaban J connectivity index is 1.28. The fourth-order valence-electron chi connectivity index (χ4n) is 4.20. The monoisotopic (exact) mass is 424 g/mol. The van der Waals surface area contributed by atoms with Crippen LogP contribution in [0.5, 0.6) is 0 Å². The van der Waals surface area contributed by atoms with Gasteiger partial charge in [0.25, 0.3) is 5.91 Å². The summed E-state index contributed by atoms with van der Waals surface area (Å²) in [6.45, 7) is 7.03. The highest BCUT2D eigenvalue weighted by Gasteiger charge is 2.26. The standard InChI is InChI=1S/C23H28N4O4/c1-16-13-20(17(2)31-16)23(30)26-11-9-25(10-12-26)15-21(28)24-18-5-3-6-19(14-18)27-8-4-7-22(27)29/h3,5-6,13-14H,4,7-12,15H2,1-2H3,(H,24,28). The molecule has 8 nitrogen and oxygen atoms in total. The van der Waals surface area contributed by atoms with E-state index in [1.54, 1.807) is 17.9 Å². The van der Waals surface area contributed by atoms with Gasteiger partial charge in [0.05, 0.1) is 12.1 Å². The third-order valence-electron chi connectivity index (χ3n) is 5.81. The maximum absolute atomic E-state index is 12.7. The van der Waals surface area contributed by atoms with Gasteiger partial charge < -0.3 is 19.5 Å². The molecular weight excluding hydrogens is 396 g/mol. The number of furan rings is 1. The van der Waals surface area contributed by atoms with Gasteiger partial charge in [-0.15, -0.1) is 0 Å². The molecule has 2 aromatic rings. The fraction of sp³-hybridized carbons (Fsp3) is 0.435. The zero-order valence-corrected chi connectivity index (χ0v) is 18.0. The first-order chi connectivity index (χ1) is 14.9. The molecule has 8 heteroatoms. The van der Waals surface area contributed by atoms with Crippen molar-refractivity contribution in [2.45, 2.75) is 26.7 Å². The number of nitrogens with zero attached hydrogens (tertiary/aromatic N) is 3. The number of amides is 3. The average molecular weight is 425 g/mol. The molecule has 0 saturated carbocycles. The summed E-state index contributed by atoms with van der Waals surface area (Å²) in [5.74, 6) is 1.37. The van der Waals surface area contributed by atoms with Gasteiger partial charge in [0.15, 0.2) is 0 Å². The molecule has 0 atom stereocenters. The molecule has 2 saturated heterocycles. The van der Waals surface area contributed by atoms with Crippen LogP contribution in [0, 0.1) is 13.8 Å². The van der Waals surface area contributed by atoms with Crippen molar-refractivity contribution in [2.24, 2.45) is 0 Å². The first-order valence-corrected chi connectivity index (χ1v) is 10.7. The fourth-order valence-corrected chi connectivity index (χ4v) is 4.20. The Labute approximate surface area is 181 Å². The number of hydrogen-bond acceptors (Lipinski definition) is 5. The van der Waals surface area contributed by atoms with Crippen LogP contribution in [0.1, 0.15) is 34.7 Å². The number of hydrogen-bond donors (Lipinski definition) is 1. The molecule has 31 heavy (non-hydrogen) atoms. The van der Waals surface area contributed by atoms with Gasteiger partial charge in [-0.2, -0.15) is 0 Å². The summed E-state index contributed by atoms with van der Waals surface area (Å²) in [6.07, 6.45) is 1.44. The Kier molecular flexibility index (Phi) is 6.08. The van der Waals surface area contributed by atoms with Gasteiger partial charge in [-0.1, -0.05) is 6.07 Å². The van der Waals surface area contributed by atoms with Crippen molar-refractivity contribution in [3.05, 3.63) is 47.4 Å². The number of carbonyl (C=O) groups excluding carboxylic acids is 3. The molecular formula is C23H28N4O4. The number of anilines is 2. The first-order valence-electron chi connectivity index (χ1n) is 10.7. The Morgan fingerprint density at radius 3 is 2.48 bits per heavy atom. The summed E-state index contributed by atoms with van der Waals surface area (Å²) in [5, 5.41) is 2.93. The second-order valence-electron chi connectivity index (χ2n) is 8.14. The summed E-state index contributed by atoms with van der Waals surface area (Å²) < 4.78 is 5.47. The zero-order valence-electron chi connectivity index (χ0n) is 18.0. The molecule has 4 rings (SSSR count). The molecule has 3 heterocycles. The highest BCUT2D eigenvalue weighted by Crippen LogP contribution is 2.24. The van der Waals surface area contributed by atoms with E-state index in [1.165, 1.54) is 0 Å². The van der Waals surface area contributed by atoms with Crippen molar-refractivity contribution in [2.75, 3.05) is 49.5 Å². The topological polar surface area (TPSA) is 86.1 Å². The number of carbonyl (C=O) groups is 3. The van der Waals surface area contributed by atoms with E-state index in [0.717, 1.165) is 24.4 Å². The predicted molar refractivity (Wildman–Crippen MR) is 117 cm³/mol. The smallest absolute Gasteiger partial charge is 0.257 e. The summed E-state index contributed by atoms with van der Waals surface area (Å²) in [6, 6.07) is 9.18.